The Morgan fingerprint density at radius 1 is 1.10 bits per heavy atom. The summed E-state index contributed by atoms with van der Waals surface area (Å²) < 4.78 is 26.9. The van der Waals surface area contributed by atoms with E-state index in [1.807, 2.05) is 39.0 Å². The standard InChI is InChI=1S/C15H18ClNO2S2/c1-10-5-11(2)7-13(6-10)17(4)21(18,19)15-8-14(9-16)20-12(15)3/h5-8H,9H2,1-4H3. The van der Waals surface area contributed by atoms with E-state index in [-0.39, 0.29) is 0 Å². The van der Waals surface area contributed by atoms with Gasteiger partial charge in [-0.05, 0) is 50.1 Å². The van der Waals surface area contributed by atoms with E-state index in [0.717, 1.165) is 20.9 Å². The van der Waals surface area contributed by atoms with E-state index in [9.17, 15) is 8.42 Å². The molecule has 1 aromatic carbocycles. The number of nitrogens with zero attached hydrogens (tertiary/aromatic N) is 1. The second kappa shape index (κ2) is 5.99. The molecule has 0 saturated carbocycles. The van der Waals surface area contributed by atoms with Crippen molar-refractivity contribution in [2.45, 2.75) is 31.5 Å². The van der Waals surface area contributed by atoms with Gasteiger partial charge in [0, 0.05) is 16.8 Å². The molecule has 0 atom stereocenters. The van der Waals surface area contributed by atoms with E-state index >= 15 is 0 Å². The summed E-state index contributed by atoms with van der Waals surface area (Å²) in [7, 11) is -1.98. The fraction of sp³-hybridized carbons (Fsp3) is 0.333. The third-order valence-corrected chi connectivity index (χ3v) is 6.80. The summed E-state index contributed by atoms with van der Waals surface area (Å²) in [5, 5.41) is 0. The molecular weight excluding hydrogens is 326 g/mol. The molecule has 0 aliphatic carbocycles. The molecule has 0 fully saturated rings. The Bertz CT molecular complexity index is 746. The molecule has 0 N–H and O–H groups in total. The normalized spacial score (nSPS) is 11.7. The average molecular weight is 344 g/mol. The number of halogens is 1. The first-order valence-electron chi connectivity index (χ1n) is 6.48. The minimum atomic E-state index is -3.56. The fourth-order valence-electron chi connectivity index (χ4n) is 2.26. The Morgan fingerprint density at radius 2 is 1.67 bits per heavy atom. The summed E-state index contributed by atoms with van der Waals surface area (Å²) in [6, 6.07) is 7.43. The maximum absolute atomic E-state index is 12.8. The Labute approximate surface area is 135 Å². The van der Waals surface area contributed by atoms with Gasteiger partial charge < -0.3 is 0 Å². The summed E-state index contributed by atoms with van der Waals surface area (Å²) in [4.78, 5) is 1.97. The van der Waals surface area contributed by atoms with Crippen LogP contribution in [0.4, 0.5) is 5.69 Å². The molecule has 0 amide bonds. The first-order valence-corrected chi connectivity index (χ1v) is 9.27. The molecule has 0 bridgehead atoms. The topological polar surface area (TPSA) is 37.4 Å². The number of aryl methyl sites for hydroxylation is 3. The number of alkyl halides is 1. The molecular formula is C15H18ClNO2S2. The number of rotatable bonds is 4. The highest BCUT2D eigenvalue weighted by atomic mass is 35.5. The zero-order valence-corrected chi connectivity index (χ0v) is 14.9. The number of hydrogen-bond acceptors (Lipinski definition) is 3. The van der Waals surface area contributed by atoms with Crippen LogP contribution in [0.3, 0.4) is 0 Å². The molecule has 21 heavy (non-hydrogen) atoms. The predicted octanol–water partition coefficient (Wildman–Crippen LogP) is 4.24. The lowest BCUT2D eigenvalue weighted by atomic mass is 10.1. The van der Waals surface area contributed by atoms with Gasteiger partial charge in [0.15, 0.2) is 0 Å². The van der Waals surface area contributed by atoms with Gasteiger partial charge in [-0.25, -0.2) is 8.42 Å². The van der Waals surface area contributed by atoms with Crippen molar-refractivity contribution in [3.63, 3.8) is 0 Å². The SMILES string of the molecule is Cc1cc(C)cc(N(C)S(=O)(=O)c2cc(CCl)sc2C)c1. The van der Waals surface area contributed by atoms with Crippen molar-refractivity contribution in [2.24, 2.45) is 0 Å². The number of anilines is 1. The van der Waals surface area contributed by atoms with Gasteiger partial charge in [0.25, 0.3) is 10.0 Å². The highest BCUT2D eigenvalue weighted by molar-refractivity contribution is 7.93. The second-order valence-corrected chi connectivity index (χ2v) is 8.63. The van der Waals surface area contributed by atoms with Crippen molar-refractivity contribution in [2.75, 3.05) is 11.4 Å². The monoisotopic (exact) mass is 343 g/mol. The number of hydrogen-bond donors (Lipinski definition) is 0. The van der Waals surface area contributed by atoms with Crippen LogP contribution in [0.1, 0.15) is 20.9 Å². The largest absolute Gasteiger partial charge is 0.269 e. The van der Waals surface area contributed by atoms with Crippen molar-refractivity contribution in [1.29, 1.82) is 0 Å². The van der Waals surface area contributed by atoms with E-state index in [4.69, 9.17) is 11.6 Å². The van der Waals surface area contributed by atoms with Gasteiger partial charge in [0.2, 0.25) is 0 Å². The molecule has 0 radical (unpaired) electrons. The summed E-state index contributed by atoms with van der Waals surface area (Å²) in [5.74, 6) is 0.328. The zero-order valence-electron chi connectivity index (χ0n) is 12.5. The van der Waals surface area contributed by atoms with Crippen molar-refractivity contribution in [3.8, 4) is 0 Å². The van der Waals surface area contributed by atoms with Gasteiger partial charge in [0.1, 0.15) is 4.90 Å². The van der Waals surface area contributed by atoms with Crippen LogP contribution in [-0.4, -0.2) is 15.5 Å². The van der Waals surface area contributed by atoms with Crippen LogP contribution in [0.2, 0.25) is 0 Å². The van der Waals surface area contributed by atoms with E-state index in [0.29, 0.717) is 16.5 Å². The van der Waals surface area contributed by atoms with Gasteiger partial charge >= 0.3 is 0 Å². The van der Waals surface area contributed by atoms with Crippen molar-refractivity contribution in [3.05, 3.63) is 45.1 Å². The molecule has 6 heteroatoms. The van der Waals surface area contributed by atoms with Gasteiger partial charge in [-0.1, -0.05) is 6.07 Å². The summed E-state index contributed by atoms with van der Waals surface area (Å²) in [6.45, 7) is 5.72. The first kappa shape index (κ1) is 16.3. The van der Waals surface area contributed by atoms with Gasteiger partial charge in [0.05, 0.1) is 11.6 Å². The number of sulfonamides is 1. The molecule has 0 aliphatic heterocycles. The maximum atomic E-state index is 12.8. The summed E-state index contributed by atoms with van der Waals surface area (Å²) >= 11 is 7.22. The maximum Gasteiger partial charge on any atom is 0.265 e. The minimum absolute atomic E-state index is 0.328. The zero-order chi connectivity index (χ0) is 15.8. The highest BCUT2D eigenvalue weighted by Gasteiger charge is 2.25. The molecule has 0 aliphatic rings. The summed E-state index contributed by atoms with van der Waals surface area (Å²) in [5.41, 5.74) is 2.75. The number of benzene rings is 1. The Balaban J connectivity index is 2.49. The van der Waals surface area contributed by atoms with Crippen LogP contribution in [0.25, 0.3) is 0 Å². The molecule has 114 valence electrons. The van der Waals surface area contributed by atoms with E-state index in [1.54, 1.807) is 13.1 Å². The fourth-order valence-corrected chi connectivity index (χ4v) is 5.14. The smallest absolute Gasteiger partial charge is 0.265 e. The predicted molar refractivity (Wildman–Crippen MR) is 90.1 cm³/mol. The lowest BCUT2D eigenvalue weighted by Crippen LogP contribution is -2.26. The van der Waals surface area contributed by atoms with Crippen molar-refractivity contribution in [1.82, 2.24) is 0 Å². The molecule has 2 rings (SSSR count). The van der Waals surface area contributed by atoms with E-state index < -0.39 is 10.0 Å². The molecule has 1 heterocycles. The van der Waals surface area contributed by atoms with E-state index in [1.165, 1.54) is 15.6 Å². The van der Waals surface area contributed by atoms with E-state index in [2.05, 4.69) is 0 Å². The Kier molecular flexibility index (Phi) is 4.66. The first-order chi connectivity index (χ1) is 9.75. The van der Waals surface area contributed by atoms with Crippen molar-refractivity contribution >= 4 is 38.6 Å². The lowest BCUT2D eigenvalue weighted by molar-refractivity contribution is 0.594. The highest BCUT2D eigenvalue weighted by Crippen LogP contribution is 2.31. The van der Waals surface area contributed by atoms with Crippen molar-refractivity contribution < 1.29 is 8.42 Å². The third-order valence-electron chi connectivity index (χ3n) is 3.26. The minimum Gasteiger partial charge on any atom is -0.269 e. The second-order valence-electron chi connectivity index (χ2n) is 5.09. The van der Waals surface area contributed by atoms with Crippen LogP contribution in [0.15, 0.2) is 29.2 Å². The van der Waals surface area contributed by atoms with Crippen LogP contribution >= 0.6 is 22.9 Å². The molecule has 0 unspecified atom stereocenters. The molecule has 1 aromatic heterocycles. The quantitative estimate of drug-likeness (QED) is 0.779. The van der Waals surface area contributed by atoms with Crippen LogP contribution in [-0.2, 0) is 15.9 Å². The molecule has 2 aromatic rings. The lowest BCUT2D eigenvalue weighted by Gasteiger charge is -2.20. The Hall–Kier alpha value is -1.04. The van der Waals surface area contributed by atoms with Gasteiger partial charge in [-0.15, -0.1) is 22.9 Å². The van der Waals surface area contributed by atoms with Gasteiger partial charge in [-0.2, -0.15) is 0 Å². The van der Waals surface area contributed by atoms with Crippen LogP contribution in [0, 0.1) is 20.8 Å². The van der Waals surface area contributed by atoms with Crippen LogP contribution < -0.4 is 4.31 Å². The number of thiophene rings is 1. The Morgan fingerprint density at radius 3 is 2.14 bits per heavy atom. The molecule has 3 nitrogen and oxygen atoms in total. The molecule has 0 spiro atoms. The third kappa shape index (κ3) is 3.25. The van der Waals surface area contributed by atoms with Gasteiger partial charge in [-0.3, -0.25) is 4.31 Å². The summed E-state index contributed by atoms with van der Waals surface area (Å²) in [6.07, 6.45) is 0. The average Bonchev–Trinajstić information content (AvgIpc) is 2.78. The molecule has 0 saturated heterocycles. The van der Waals surface area contributed by atoms with Crippen LogP contribution in [0.5, 0.6) is 0 Å².